The van der Waals surface area contributed by atoms with E-state index in [1.54, 1.807) is 118 Å². The molecule has 8 rings (SSSR count). The number of phenolic OH excluding ortho intramolecular Hbond substituents is 1. The predicted molar refractivity (Wildman–Crippen MR) is 294 cm³/mol. The van der Waals surface area contributed by atoms with E-state index < -0.39 is 43.5 Å². The first kappa shape index (κ1) is 59.5. The van der Waals surface area contributed by atoms with Gasteiger partial charge in [-0.3, -0.25) is 18.9 Å². The van der Waals surface area contributed by atoms with E-state index in [0.717, 1.165) is 12.1 Å². The van der Waals surface area contributed by atoms with E-state index in [1.807, 2.05) is 6.92 Å². The second-order valence-electron chi connectivity index (χ2n) is 16.2. The van der Waals surface area contributed by atoms with Gasteiger partial charge in [0.25, 0.3) is 26.1 Å². The standard InChI is InChI=1S/2C27H24ClN3O6S.Ca/c2*1-3-16-14-20(28)22(15-24(16)38(34,35)36)30-31-25-18-10-6-5-9-17(18)13-19(26(25)32)27(33)29-21-11-7-8-12-23(21)37-4-2;/h2*5-15,32H,3-4H2,1-2H3,(H,29,33)(H,34,35,36);/q;;+2/p-2. The number of halogens is 2. The van der Waals surface area contributed by atoms with Gasteiger partial charge in [-0.1, -0.05) is 116 Å². The summed E-state index contributed by atoms with van der Waals surface area (Å²) in [5.41, 5.74) is 0.742. The largest absolute Gasteiger partial charge is 2.00 e. The first-order valence-electron chi connectivity index (χ1n) is 23.2. The first-order valence-corrected chi connectivity index (χ1v) is 26.8. The van der Waals surface area contributed by atoms with Crippen LogP contribution in [0.3, 0.4) is 0 Å². The third kappa shape index (κ3) is 14.1. The minimum atomic E-state index is -4.56. The fourth-order valence-corrected chi connectivity index (χ4v) is 9.80. The Morgan fingerprint density at radius 3 is 1.58 bits per heavy atom. The van der Waals surface area contributed by atoms with Gasteiger partial charge >= 0.3 is 37.7 Å². The molecule has 0 aliphatic rings. The molecular weight excluding hydrogens is 1100 g/mol. The van der Waals surface area contributed by atoms with Crippen molar-refractivity contribution in [1.29, 1.82) is 0 Å². The maximum atomic E-state index is 13.4. The summed E-state index contributed by atoms with van der Waals surface area (Å²) in [6.07, 6.45) is 0.600. The van der Waals surface area contributed by atoms with Crippen molar-refractivity contribution in [1.82, 2.24) is 0 Å². The van der Waals surface area contributed by atoms with Crippen LogP contribution in [0.5, 0.6) is 23.0 Å². The molecule has 0 aliphatic heterocycles. The third-order valence-electron chi connectivity index (χ3n) is 11.4. The number of phenols is 1. The number of anilines is 1. The van der Waals surface area contributed by atoms with Gasteiger partial charge in [-0.15, -0.1) is 15.3 Å². The summed E-state index contributed by atoms with van der Waals surface area (Å²) in [4.78, 5) is 16.6. The Kier molecular flexibility index (Phi) is 20.2. The summed E-state index contributed by atoms with van der Waals surface area (Å²) in [5, 5.41) is 59.0. The number of hydrogen-bond acceptors (Lipinski definition) is 15. The number of hydrogen-bond donors (Lipinski definition) is 4. The van der Waals surface area contributed by atoms with Gasteiger partial charge < -0.3 is 30.1 Å². The van der Waals surface area contributed by atoms with Crippen LogP contribution in [0.25, 0.3) is 21.5 Å². The van der Waals surface area contributed by atoms with Gasteiger partial charge in [-0.2, -0.15) is 21.9 Å². The molecule has 0 heterocycles. The number of ether oxygens (including phenoxy) is 2. The van der Waals surface area contributed by atoms with Crippen LogP contribution in [0.2, 0.25) is 10.0 Å². The smallest absolute Gasteiger partial charge is 0.871 e. The number of aromatic hydroxyl groups is 1. The fraction of sp³-hybridized carbons (Fsp3) is 0.148. The van der Waals surface area contributed by atoms with Crippen molar-refractivity contribution in [3.8, 4) is 23.0 Å². The molecule has 23 heteroatoms. The number of fused-ring (bicyclic) bond motifs is 2. The average Bonchev–Trinajstić information content (AvgIpc) is 3.39. The van der Waals surface area contributed by atoms with Gasteiger partial charge in [0.2, 0.25) is 0 Å². The van der Waals surface area contributed by atoms with Crippen LogP contribution in [0, 0.1) is 0 Å². The van der Waals surface area contributed by atoms with Crippen molar-refractivity contribution in [2.75, 3.05) is 18.5 Å². The minimum absolute atomic E-state index is 0. The number of aliphatic imine (C=N–C) groups is 1. The molecule has 0 radical (unpaired) electrons. The van der Waals surface area contributed by atoms with Gasteiger partial charge in [-0.05, 0) is 121 Å². The van der Waals surface area contributed by atoms with Crippen molar-refractivity contribution < 1.29 is 55.5 Å². The number of carbonyl (C=O) groups is 1. The Morgan fingerprint density at radius 2 is 1.05 bits per heavy atom. The van der Waals surface area contributed by atoms with Crippen molar-refractivity contribution in [3.05, 3.63) is 166 Å². The Labute approximate surface area is 483 Å². The zero-order valence-electron chi connectivity index (χ0n) is 41.6. The molecule has 18 nitrogen and oxygen atoms in total. The minimum Gasteiger partial charge on any atom is -0.871 e. The Morgan fingerprint density at radius 1 is 0.597 bits per heavy atom. The summed E-state index contributed by atoms with van der Waals surface area (Å²) in [7, 11) is -9.09. The van der Waals surface area contributed by atoms with Crippen molar-refractivity contribution in [3.63, 3.8) is 0 Å². The van der Waals surface area contributed by atoms with E-state index in [4.69, 9.17) is 32.7 Å². The molecule has 8 aromatic carbocycles. The number of aryl methyl sites for hydroxylation is 2. The Bertz CT molecular complexity index is 3860. The molecule has 0 unspecified atom stereocenters. The number of amides is 1. The van der Waals surface area contributed by atoms with Gasteiger partial charge in [0.1, 0.15) is 34.2 Å². The number of benzene rings is 8. The number of azo groups is 2. The second kappa shape index (κ2) is 26.1. The van der Waals surface area contributed by atoms with E-state index in [2.05, 4.69) is 30.8 Å². The molecule has 0 fully saturated rings. The topological polar surface area (TPSA) is 284 Å². The molecule has 0 saturated carbocycles. The van der Waals surface area contributed by atoms with Crippen LogP contribution < -0.4 is 25.0 Å². The van der Waals surface area contributed by atoms with Crippen LogP contribution in [-0.4, -0.2) is 93.8 Å². The molecule has 0 bridgehead atoms. The summed E-state index contributed by atoms with van der Waals surface area (Å²) < 4.78 is 77.7. The van der Waals surface area contributed by atoms with E-state index in [1.165, 1.54) is 24.3 Å². The van der Waals surface area contributed by atoms with E-state index in [-0.39, 0.29) is 97.1 Å². The van der Waals surface area contributed by atoms with Crippen LogP contribution in [-0.2, 0) is 33.1 Å². The van der Waals surface area contributed by atoms with Gasteiger partial charge in [0, 0.05) is 10.8 Å². The van der Waals surface area contributed by atoms with Crippen LogP contribution in [0.4, 0.5) is 34.1 Å². The Hall–Kier alpha value is -6.72. The maximum absolute atomic E-state index is 13.4. The number of nitrogens with zero attached hydrogens (tertiary/aromatic N) is 5. The quantitative estimate of drug-likeness (QED) is 0.0231. The molecule has 392 valence electrons. The molecule has 77 heavy (non-hydrogen) atoms. The maximum Gasteiger partial charge on any atom is 2.00 e. The number of nitrogens with one attached hydrogen (secondary N) is 1. The number of carbonyl (C=O) groups excluding carboxylic acids is 1. The molecule has 0 saturated heterocycles. The molecule has 0 aliphatic carbocycles. The summed E-state index contributed by atoms with van der Waals surface area (Å²) >= 11 is 12.6. The van der Waals surface area contributed by atoms with Gasteiger partial charge in [0.15, 0.2) is 5.75 Å². The average molecular weight is 1150 g/mol. The SMILES string of the molecule is CCOc1ccccc1N=C([O-])c1cc2ccccc2c(N=Nc2cc(S(=O)(=O)O)c(CC)cc2Cl)c1[O-].CCOc1ccccc1NC(=O)c1cc2ccccc2c(N=Nc2cc(S(=O)(=O)O)c(CC)cc2Cl)c1O.[Ca+2]. The van der Waals surface area contributed by atoms with E-state index >= 15 is 0 Å². The zero-order valence-corrected chi connectivity index (χ0v) is 46.9. The number of para-hydroxylation sites is 4. The van der Waals surface area contributed by atoms with Gasteiger partial charge in [-0.25, -0.2) is 0 Å². The first-order chi connectivity index (χ1) is 36.3. The molecule has 4 N–H and O–H groups in total. The van der Waals surface area contributed by atoms with Crippen LogP contribution >= 0.6 is 23.2 Å². The predicted octanol–water partition coefficient (Wildman–Crippen LogP) is 12.3. The molecular formula is C54H46CaCl2N6O12S2. The van der Waals surface area contributed by atoms with Crippen LogP contribution in [0.1, 0.15) is 54.7 Å². The monoisotopic (exact) mass is 1140 g/mol. The normalized spacial score (nSPS) is 11.9. The molecule has 0 spiro atoms. The zero-order chi connectivity index (χ0) is 54.9. The Balaban J connectivity index is 0.000000246. The summed E-state index contributed by atoms with van der Waals surface area (Å²) in [6, 6.07) is 35.3. The molecule has 0 aromatic heterocycles. The van der Waals surface area contributed by atoms with Crippen molar-refractivity contribution >= 4 is 149 Å². The number of rotatable bonds is 16. The van der Waals surface area contributed by atoms with E-state index in [0.29, 0.717) is 75.9 Å². The second-order valence-corrected chi connectivity index (χ2v) is 19.8. The van der Waals surface area contributed by atoms with Crippen molar-refractivity contribution in [2.24, 2.45) is 25.4 Å². The molecule has 8 aromatic rings. The third-order valence-corrected chi connectivity index (χ3v) is 13.8. The van der Waals surface area contributed by atoms with E-state index in [9.17, 15) is 46.1 Å². The van der Waals surface area contributed by atoms with Crippen molar-refractivity contribution in [2.45, 2.75) is 50.3 Å². The van der Waals surface area contributed by atoms with Crippen LogP contribution in [0.15, 0.2) is 169 Å². The summed E-state index contributed by atoms with van der Waals surface area (Å²) in [6.45, 7) is 7.82. The molecule has 0 atom stereocenters. The molecule has 1 amide bonds. The summed E-state index contributed by atoms with van der Waals surface area (Å²) in [5.74, 6) is -1.67. The fourth-order valence-electron chi connectivity index (χ4n) is 7.76. The van der Waals surface area contributed by atoms with Gasteiger partial charge in [0.05, 0.1) is 50.0 Å².